The van der Waals surface area contributed by atoms with Crippen LogP contribution in [0.1, 0.15) is 13.8 Å². The van der Waals surface area contributed by atoms with Crippen LogP contribution in [0, 0.1) is 0 Å². The Morgan fingerprint density at radius 1 is 1.24 bits per heavy atom. The number of hydrogen-bond acceptors (Lipinski definition) is 3. The van der Waals surface area contributed by atoms with E-state index in [4.69, 9.17) is 9.47 Å². The maximum atomic E-state index is 12.4. The quantitative estimate of drug-likeness (QED) is 0.569. The largest absolute Gasteiger partial charge is 0.511 e. The monoisotopic (exact) mass is 248 g/mol. The Morgan fingerprint density at radius 2 is 1.94 bits per heavy atom. The lowest BCUT2D eigenvalue weighted by molar-refractivity contribution is 0.0552. The summed E-state index contributed by atoms with van der Waals surface area (Å²) in [5.74, 6) is 0.106. The van der Waals surface area contributed by atoms with Crippen LogP contribution in [0.2, 0.25) is 0 Å². The smallest absolute Gasteiger partial charge is 0.490 e. The van der Waals surface area contributed by atoms with Gasteiger partial charge in [-0.15, -0.1) is 0 Å². The van der Waals surface area contributed by atoms with E-state index >= 15 is 0 Å². The Labute approximate surface area is 98.0 Å². The Hall–Kier alpha value is -1.24. The molecule has 7 heteroatoms. The van der Waals surface area contributed by atoms with Crippen LogP contribution in [0.5, 0.6) is 5.75 Å². The molecular formula is C10H14BF3NO2-. The molecule has 17 heavy (non-hydrogen) atoms. The number of nitrogens with zero attached hydrogens (tertiary/aromatic N) is 1. The summed E-state index contributed by atoms with van der Waals surface area (Å²) in [5.41, 5.74) is -0.757. The molecule has 0 aromatic carbocycles. The molecule has 0 spiro atoms. The Morgan fingerprint density at radius 3 is 2.53 bits per heavy atom. The van der Waals surface area contributed by atoms with Crippen molar-refractivity contribution in [2.75, 3.05) is 13.2 Å². The SMILES string of the molecule is CC(C)OCCOc1cncc([B-](F)(F)F)c1. The van der Waals surface area contributed by atoms with Gasteiger partial charge in [-0.05, 0) is 19.9 Å². The molecule has 1 heterocycles. The van der Waals surface area contributed by atoms with Crippen molar-refractivity contribution in [2.45, 2.75) is 20.0 Å². The van der Waals surface area contributed by atoms with Crippen molar-refractivity contribution in [2.24, 2.45) is 0 Å². The summed E-state index contributed by atoms with van der Waals surface area (Å²) in [7, 11) is 0. The molecule has 0 radical (unpaired) electrons. The molecule has 3 nitrogen and oxygen atoms in total. The summed E-state index contributed by atoms with van der Waals surface area (Å²) in [6, 6.07) is 0.947. The van der Waals surface area contributed by atoms with Crippen LogP contribution in [0.3, 0.4) is 0 Å². The van der Waals surface area contributed by atoms with Gasteiger partial charge in [0, 0.05) is 6.20 Å². The third-order valence-corrected chi connectivity index (χ3v) is 1.92. The van der Waals surface area contributed by atoms with Crippen molar-refractivity contribution in [3.05, 3.63) is 18.5 Å². The maximum absolute atomic E-state index is 12.4. The van der Waals surface area contributed by atoms with Crippen LogP contribution >= 0.6 is 0 Å². The van der Waals surface area contributed by atoms with Crippen LogP contribution in [0.25, 0.3) is 0 Å². The van der Waals surface area contributed by atoms with Crippen LogP contribution in [0.4, 0.5) is 12.9 Å². The van der Waals surface area contributed by atoms with E-state index in [-0.39, 0.29) is 18.5 Å². The Balaban J connectivity index is 2.49. The van der Waals surface area contributed by atoms with E-state index in [1.807, 2.05) is 13.8 Å². The molecule has 1 rings (SSSR count). The van der Waals surface area contributed by atoms with Gasteiger partial charge in [-0.1, -0.05) is 5.46 Å². The van der Waals surface area contributed by atoms with Gasteiger partial charge >= 0.3 is 6.98 Å². The fourth-order valence-electron chi connectivity index (χ4n) is 1.14. The van der Waals surface area contributed by atoms with Gasteiger partial charge < -0.3 is 22.4 Å². The molecule has 0 unspecified atom stereocenters. The van der Waals surface area contributed by atoms with Gasteiger partial charge in [-0.25, -0.2) is 0 Å². The van der Waals surface area contributed by atoms with Gasteiger partial charge in [0.05, 0.1) is 18.9 Å². The van der Waals surface area contributed by atoms with Crippen molar-refractivity contribution in [1.29, 1.82) is 0 Å². The standard InChI is InChI=1S/C10H14BF3NO2/c1-8(2)16-3-4-17-10-5-9(6-15-7-10)11(12,13)14/h5-8H,3-4H2,1-2H3/q-1. The third-order valence-electron chi connectivity index (χ3n) is 1.92. The highest BCUT2D eigenvalue weighted by molar-refractivity contribution is 6.73. The number of rotatable bonds is 6. The first-order valence-electron chi connectivity index (χ1n) is 5.29. The summed E-state index contributed by atoms with van der Waals surface area (Å²) in [6.07, 6.45) is 2.11. The second kappa shape index (κ2) is 5.91. The first-order valence-corrected chi connectivity index (χ1v) is 5.29. The molecule has 0 aliphatic rings. The Bertz CT molecular complexity index is 358. The lowest BCUT2D eigenvalue weighted by Crippen LogP contribution is -2.34. The van der Waals surface area contributed by atoms with Crippen molar-refractivity contribution in [3.8, 4) is 5.75 Å². The van der Waals surface area contributed by atoms with Crippen LogP contribution in [0.15, 0.2) is 18.5 Å². The lowest BCUT2D eigenvalue weighted by atomic mass is 9.81. The van der Waals surface area contributed by atoms with E-state index in [2.05, 4.69) is 4.98 Å². The van der Waals surface area contributed by atoms with Gasteiger partial charge in [-0.2, -0.15) is 0 Å². The second-order valence-corrected chi connectivity index (χ2v) is 3.80. The highest BCUT2D eigenvalue weighted by Gasteiger charge is 2.26. The summed E-state index contributed by atoms with van der Waals surface area (Å²) in [6.45, 7) is -0.759. The topological polar surface area (TPSA) is 31.4 Å². The van der Waals surface area contributed by atoms with Crippen molar-refractivity contribution in [1.82, 2.24) is 4.98 Å². The minimum absolute atomic E-state index is 0.0709. The molecule has 0 fully saturated rings. The molecule has 0 bridgehead atoms. The number of hydrogen-bond donors (Lipinski definition) is 0. The Kier molecular flexibility index (Phi) is 4.80. The molecule has 0 N–H and O–H groups in total. The number of halogens is 3. The molecule has 0 amide bonds. The zero-order valence-corrected chi connectivity index (χ0v) is 9.70. The predicted octanol–water partition coefficient (Wildman–Crippen LogP) is 1.94. The number of pyridine rings is 1. The van der Waals surface area contributed by atoms with E-state index in [1.165, 1.54) is 6.20 Å². The van der Waals surface area contributed by atoms with Crippen molar-refractivity contribution in [3.63, 3.8) is 0 Å². The average molecular weight is 248 g/mol. The van der Waals surface area contributed by atoms with Gasteiger partial charge in [-0.3, -0.25) is 4.98 Å². The zero-order chi connectivity index (χ0) is 12.9. The lowest BCUT2D eigenvalue weighted by Gasteiger charge is -2.15. The number of aromatic nitrogens is 1. The normalized spacial score (nSPS) is 11.9. The predicted molar refractivity (Wildman–Crippen MR) is 59.5 cm³/mol. The summed E-state index contributed by atoms with van der Waals surface area (Å²) >= 11 is 0. The summed E-state index contributed by atoms with van der Waals surface area (Å²) in [5, 5.41) is 0. The van der Waals surface area contributed by atoms with E-state index in [0.717, 1.165) is 12.3 Å². The van der Waals surface area contributed by atoms with Gasteiger partial charge in [0.1, 0.15) is 12.4 Å². The molecular weight excluding hydrogens is 234 g/mol. The van der Waals surface area contributed by atoms with Crippen molar-refractivity contribution >= 4 is 12.4 Å². The maximum Gasteiger partial charge on any atom is 0.511 e. The molecule has 1 aromatic heterocycles. The molecule has 96 valence electrons. The summed E-state index contributed by atoms with van der Waals surface area (Å²) < 4.78 is 47.5. The highest BCUT2D eigenvalue weighted by Crippen LogP contribution is 2.12. The van der Waals surface area contributed by atoms with Crippen LogP contribution < -0.4 is 10.2 Å². The van der Waals surface area contributed by atoms with Gasteiger partial charge in [0.2, 0.25) is 0 Å². The second-order valence-electron chi connectivity index (χ2n) is 3.80. The molecule has 0 saturated carbocycles. The first kappa shape index (κ1) is 13.8. The third kappa shape index (κ3) is 5.08. The highest BCUT2D eigenvalue weighted by atomic mass is 19.4. The number of ether oxygens (including phenoxy) is 2. The fourth-order valence-corrected chi connectivity index (χ4v) is 1.14. The average Bonchev–Trinajstić information content (AvgIpc) is 2.23. The first-order chi connectivity index (χ1) is 7.89. The van der Waals surface area contributed by atoms with E-state index < -0.39 is 12.4 Å². The molecule has 0 atom stereocenters. The fraction of sp³-hybridized carbons (Fsp3) is 0.500. The summed E-state index contributed by atoms with van der Waals surface area (Å²) in [4.78, 5) is 3.49. The van der Waals surface area contributed by atoms with Crippen LogP contribution in [-0.2, 0) is 4.74 Å². The van der Waals surface area contributed by atoms with E-state index in [0.29, 0.717) is 6.61 Å². The van der Waals surface area contributed by atoms with E-state index in [1.54, 1.807) is 0 Å². The zero-order valence-electron chi connectivity index (χ0n) is 9.70. The minimum atomic E-state index is -5.03. The minimum Gasteiger partial charge on any atom is -0.490 e. The molecule has 0 aliphatic heterocycles. The van der Waals surface area contributed by atoms with E-state index in [9.17, 15) is 12.9 Å². The van der Waals surface area contributed by atoms with Crippen molar-refractivity contribution < 1.29 is 22.4 Å². The molecule has 0 saturated heterocycles. The molecule has 0 aliphatic carbocycles. The van der Waals surface area contributed by atoms with Crippen LogP contribution in [-0.4, -0.2) is 31.3 Å². The van der Waals surface area contributed by atoms with Gasteiger partial charge in [0.25, 0.3) is 0 Å². The molecule has 1 aromatic rings. The van der Waals surface area contributed by atoms with Gasteiger partial charge in [0.15, 0.2) is 0 Å².